The fourth-order valence-corrected chi connectivity index (χ4v) is 2.31. The molecule has 0 radical (unpaired) electrons. The summed E-state index contributed by atoms with van der Waals surface area (Å²) in [7, 11) is 1.50. The van der Waals surface area contributed by atoms with Gasteiger partial charge in [0.2, 0.25) is 0 Å². The number of alkyl halides is 2. The molecule has 0 aliphatic carbocycles. The van der Waals surface area contributed by atoms with Crippen LogP contribution < -0.4 is 14.8 Å². The number of methoxy groups -OCH3 is 1. The van der Waals surface area contributed by atoms with Gasteiger partial charge in [0.15, 0.2) is 0 Å². The number of nitrogens with one attached hydrogen (secondary N) is 1. The second-order valence-corrected chi connectivity index (χ2v) is 6.49. The molecule has 4 nitrogen and oxygen atoms in total. The molecule has 0 fully saturated rings. The normalized spacial score (nSPS) is 11.3. The number of benzene rings is 2. The van der Waals surface area contributed by atoms with E-state index in [1.54, 1.807) is 12.1 Å². The SMILES string of the molecule is COc1ccc(C(C)(C)C)cc1NC(=O)c1ccccc1OC(F)F. The van der Waals surface area contributed by atoms with Gasteiger partial charge < -0.3 is 14.8 Å². The van der Waals surface area contributed by atoms with Gasteiger partial charge in [-0.25, -0.2) is 0 Å². The number of halogens is 2. The second-order valence-electron chi connectivity index (χ2n) is 6.49. The first kappa shape index (κ1) is 18.7. The lowest BCUT2D eigenvalue weighted by Crippen LogP contribution is -2.17. The lowest BCUT2D eigenvalue weighted by Gasteiger charge is -2.21. The van der Waals surface area contributed by atoms with Gasteiger partial charge in [0.1, 0.15) is 11.5 Å². The van der Waals surface area contributed by atoms with Crippen molar-refractivity contribution in [3.05, 3.63) is 53.6 Å². The Morgan fingerprint density at radius 3 is 2.36 bits per heavy atom. The lowest BCUT2D eigenvalue weighted by atomic mass is 9.87. The monoisotopic (exact) mass is 349 g/mol. The molecule has 1 amide bonds. The summed E-state index contributed by atoms with van der Waals surface area (Å²) in [5.41, 5.74) is 1.36. The Balaban J connectivity index is 2.35. The van der Waals surface area contributed by atoms with Gasteiger partial charge in [-0.05, 0) is 35.2 Å². The molecule has 0 atom stereocenters. The molecule has 0 aliphatic heterocycles. The molecule has 2 aromatic carbocycles. The number of amides is 1. The molecule has 0 unspecified atom stereocenters. The molecule has 2 rings (SSSR count). The average Bonchev–Trinajstić information content (AvgIpc) is 2.53. The van der Waals surface area contributed by atoms with Gasteiger partial charge in [-0.2, -0.15) is 8.78 Å². The molecule has 25 heavy (non-hydrogen) atoms. The van der Waals surface area contributed by atoms with Crippen molar-refractivity contribution in [3.63, 3.8) is 0 Å². The largest absolute Gasteiger partial charge is 0.495 e. The Bertz CT molecular complexity index is 755. The molecule has 0 aliphatic rings. The van der Waals surface area contributed by atoms with Gasteiger partial charge in [0.05, 0.1) is 18.4 Å². The third-order valence-electron chi connectivity index (χ3n) is 3.66. The van der Waals surface area contributed by atoms with Crippen molar-refractivity contribution in [2.45, 2.75) is 32.8 Å². The van der Waals surface area contributed by atoms with E-state index in [2.05, 4.69) is 10.1 Å². The van der Waals surface area contributed by atoms with Crippen LogP contribution in [0.4, 0.5) is 14.5 Å². The van der Waals surface area contributed by atoms with Crippen molar-refractivity contribution >= 4 is 11.6 Å². The van der Waals surface area contributed by atoms with Crippen LogP contribution in [0.2, 0.25) is 0 Å². The van der Waals surface area contributed by atoms with Crippen LogP contribution in [0.3, 0.4) is 0 Å². The highest BCUT2D eigenvalue weighted by molar-refractivity contribution is 6.06. The molecular formula is C19H21F2NO3. The maximum Gasteiger partial charge on any atom is 0.387 e. The zero-order valence-corrected chi connectivity index (χ0v) is 14.6. The average molecular weight is 349 g/mol. The van der Waals surface area contributed by atoms with E-state index >= 15 is 0 Å². The van der Waals surface area contributed by atoms with E-state index in [-0.39, 0.29) is 16.7 Å². The maximum atomic E-state index is 12.6. The standard InChI is InChI=1S/C19H21F2NO3/c1-19(2,3)12-9-10-16(24-4)14(11-12)22-17(23)13-7-5-6-8-15(13)25-18(20)21/h5-11,18H,1-4H3,(H,22,23). The summed E-state index contributed by atoms with van der Waals surface area (Å²) in [6.45, 7) is 3.14. The molecule has 0 saturated carbocycles. The summed E-state index contributed by atoms with van der Waals surface area (Å²) in [6, 6.07) is 11.3. The highest BCUT2D eigenvalue weighted by Gasteiger charge is 2.19. The molecule has 6 heteroatoms. The number of ether oxygens (including phenoxy) is 2. The number of hydrogen-bond acceptors (Lipinski definition) is 3. The van der Waals surface area contributed by atoms with E-state index < -0.39 is 12.5 Å². The van der Waals surface area contributed by atoms with Gasteiger partial charge >= 0.3 is 6.61 Å². The summed E-state index contributed by atoms with van der Waals surface area (Å²) in [6.07, 6.45) is 0. The van der Waals surface area contributed by atoms with E-state index in [0.717, 1.165) is 5.56 Å². The number of anilines is 1. The molecule has 0 spiro atoms. The van der Waals surface area contributed by atoms with E-state index in [9.17, 15) is 13.6 Å². The highest BCUT2D eigenvalue weighted by Crippen LogP contribution is 2.32. The van der Waals surface area contributed by atoms with Crippen LogP contribution >= 0.6 is 0 Å². The smallest absolute Gasteiger partial charge is 0.387 e. The Morgan fingerprint density at radius 2 is 1.76 bits per heavy atom. The Labute approximate surface area is 145 Å². The number of hydrogen-bond donors (Lipinski definition) is 1. The molecule has 0 heterocycles. The molecule has 2 aromatic rings. The van der Waals surface area contributed by atoms with Crippen molar-refractivity contribution in [1.29, 1.82) is 0 Å². The Kier molecular flexibility index (Phi) is 5.62. The van der Waals surface area contributed by atoms with E-state index in [1.807, 2.05) is 32.9 Å². The van der Waals surface area contributed by atoms with Gasteiger partial charge in [-0.1, -0.05) is 39.0 Å². The minimum Gasteiger partial charge on any atom is -0.495 e. The first-order chi connectivity index (χ1) is 11.7. The second kappa shape index (κ2) is 7.51. The summed E-state index contributed by atoms with van der Waals surface area (Å²) in [5.74, 6) is -0.254. The highest BCUT2D eigenvalue weighted by atomic mass is 19.3. The van der Waals surface area contributed by atoms with Crippen molar-refractivity contribution < 1.29 is 23.0 Å². The summed E-state index contributed by atoms with van der Waals surface area (Å²) in [5, 5.41) is 2.72. The van der Waals surface area contributed by atoms with Crippen LogP contribution in [0.25, 0.3) is 0 Å². The lowest BCUT2D eigenvalue weighted by molar-refractivity contribution is -0.0501. The van der Waals surface area contributed by atoms with Crippen LogP contribution in [-0.2, 0) is 5.41 Å². The van der Waals surface area contributed by atoms with Crippen molar-refractivity contribution in [3.8, 4) is 11.5 Å². The van der Waals surface area contributed by atoms with Crippen LogP contribution in [0, 0.1) is 0 Å². The fraction of sp³-hybridized carbons (Fsp3) is 0.316. The molecule has 0 saturated heterocycles. The van der Waals surface area contributed by atoms with Crippen molar-refractivity contribution in [2.75, 3.05) is 12.4 Å². The Hall–Kier alpha value is -2.63. The van der Waals surface area contributed by atoms with E-state index in [0.29, 0.717) is 11.4 Å². The van der Waals surface area contributed by atoms with Gasteiger partial charge in [-0.15, -0.1) is 0 Å². The number of para-hydroxylation sites is 1. The summed E-state index contributed by atoms with van der Waals surface area (Å²) in [4.78, 5) is 12.6. The van der Waals surface area contributed by atoms with Crippen LogP contribution in [0.1, 0.15) is 36.7 Å². The first-order valence-corrected chi connectivity index (χ1v) is 7.76. The molecule has 0 bridgehead atoms. The van der Waals surface area contributed by atoms with E-state index in [1.165, 1.54) is 25.3 Å². The minimum absolute atomic E-state index is 0.0195. The zero-order valence-electron chi connectivity index (χ0n) is 14.6. The molecule has 134 valence electrons. The predicted molar refractivity (Wildman–Crippen MR) is 92.7 cm³/mol. The topological polar surface area (TPSA) is 47.6 Å². The third kappa shape index (κ3) is 4.68. The van der Waals surface area contributed by atoms with Crippen LogP contribution in [0.15, 0.2) is 42.5 Å². The van der Waals surface area contributed by atoms with Gasteiger partial charge in [-0.3, -0.25) is 4.79 Å². The zero-order chi connectivity index (χ0) is 18.6. The maximum absolute atomic E-state index is 12.6. The molecule has 0 aromatic heterocycles. The third-order valence-corrected chi connectivity index (χ3v) is 3.66. The predicted octanol–water partition coefficient (Wildman–Crippen LogP) is 4.85. The van der Waals surface area contributed by atoms with Crippen molar-refractivity contribution in [2.24, 2.45) is 0 Å². The number of carbonyl (C=O) groups is 1. The van der Waals surface area contributed by atoms with Crippen molar-refractivity contribution in [1.82, 2.24) is 0 Å². The molecule has 1 N–H and O–H groups in total. The minimum atomic E-state index is -3.01. The van der Waals surface area contributed by atoms with Crippen LogP contribution in [-0.4, -0.2) is 19.6 Å². The quantitative estimate of drug-likeness (QED) is 0.840. The van der Waals surface area contributed by atoms with E-state index in [4.69, 9.17) is 4.74 Å². The number of carbonyl (C=O) groups excluding carboxylic acids is 1. The van der Waals surface area contributed by atoms with Gasteiger partial charge in [0, 0.05) is 0 Å². The van der Waals surface area contributed by atoms with Gasteiger partial charge in [0.25, 0.3) is 5.91 Å². The van der Waals surface area contributed by atoms with Crippen LogP contribution in [0.5, 0.6) is 11.5 Å². The summed E-state index contributed by atoms with van der Waals surface area (Å²) < 4.78 is 34.7. The number of rotatable bonds is 5. The molecular weight excluding hydrogens is 328 g/mol. The summed E-state index contributed by atoms with van der Waals surface area (Å²) >= 11 is 0. The first-order valence-electron chi connectivity index (χ1n) is 7.76. The Morgan fingerprint density at radius 1 is 1.08 bits per heavy atom. The fourth-order valence-electron chi connectivity index (χ4n) is 2.31.